The minimum atomic E-state index is 0. The molecule has 2 unspecified atom stereocenters. The van der Waals surface area contributed by atoms with E-state index < -0.39 is 0 Å². The van der Waals surface area contributed by atoms with Crippen molar-refractivity contribution in [2.24, 2.45) is 0 Å². The molecule has 1 aliphatic heterocycles. The van der Waals surface area contributed by atoms with Gasteiger partial charge >= 0.3 is 0 Å². The molecule has 0 spiro atoms. The first-order valence-electron chi connectivity index (χ1n) is 5.33. The predicted octanol–water partition coefficient (Wildman–Crippen LogP) is 0.701. The Labute approximate surface area is 97.5 Å². The third-order valence-corrected chi connectivity index (χ3v) is 2.43. The molecular weight excluding hydrogens is 216 g/mol. The van der Waals surface area contributed by atoms with Gasteiger partial charge in [-0.2, -0.15) is 0 Å². The molecule has 0 bridgehead atoms. The molecule has 0 aromatic rings. The number of rotatable bonds is 4. The summed E-state index contributed by atoms with van der Waals surface area (Å²) >= 11 is 0. The number of amides is 1. The summed E-state index contributed by atoms with van der Waals surface area (Å²) in [4.78, 5) is 11.3. The molecule has 5 heteroatoms. The molecule has 2 N–H and O–H groups in total. The van der Waals surface area contributed by atoms with Crippen LogP contribution in [0.25, 0.3) is 0 Å². The van der Waals surface area contributed by atoms with Gasteiger partial charge in [0.15, 0.2) is 0 Å². The number of hydrogen-bond donors (Lipinski definition) is 2. The average Bonchev–Trinajstić information content (AvgIpc) is 2.15. The van der Waals surface area contributed by atoms with E-state index >= 15 is 0 Å². The lowest BCUT2D eigenvalue weighted by Gasteiger charge is -2.28. The van der Waals surface area contributed by atoms with E-state index in [0.717, 1.165) is 19.4 Å². The van der Waals surface area contributed by atoms with Gasteiger partial charge in [-0.3, -0.25) is 4.79 Å². The van der Waals surface area contributed by atoms with Gasteiger partial charge in [0.2, 0.25) is 5.91 Å². The number of carbonyl (C=O) groups is 1. The molecule has 0 radical (unpaired) electrons. The third kappa shape index (κ3) is 5.97. The smallest absolute Gasteiger partial charge is 0.246 e. The first-order chi connectivity index (χ1) is 6.72. The number of carbonyl (C=O) groups excluding carboxylic acids is 1. The van der Waals surface area contributed by atoms with Crippen LogP contribution < -0.4 is 10.6 Å². The number of nitrogens with one attached hydrogen (secondary N) is 2. The van der Waals surface area contributed by atoms with E-state index in [-0.39, 0.29) is 24.9 Å². The van der Waals surface area contributed by atoms with Gasteiger partial charge in [0.25, 0.3) is 0 Å². The van der Waals surface area contributed by atoms with Crippen LogP contribution in [0.1, 0.15) is 26.7 Å². The maximum atomic E-state index is 11.3. The van der Waals surface area contributed by atoms with Crippen molar-refractivity contribution in [2.75, 3.05) is 19.8 Å². The highest BCUT2D eigenvalue weighted by molar-refractivity contribution is 5.85. The number of piperidine rings is 1. The predicted molar refractivity (Wildman–Crippen MR) is 62.4 cm³/mol. The molecular formula is C10H21ClN2O2. The van der Waals surface area contributed by atoms with E-state index in [4.69, 9.17) is 4.74 Å². The highest BCUT2D eigenvalue weighted by Gasteiger charge is 2.19. The standard InChI is InChI=1S/C10H20N2O2.ClH/c1-3-14-7-10(13)12-9-4-5-11-8(2)6-9;/h8-9,11H,3-7H2,1-2H3,(H,12,13);1H. The van der Waals surface area contributed by atoms with Gasteiger partial charge < -0.3 is 15.4 Å². The molecule has 1 saturated heterocycles. The maximum Gasteiger partial charge on any atom is 0.246 e. The Morgan fingerprint density at radius 1 is 1.60 bits per heavy atom. The van der Waals surface area contributed by atoms with Crippen LogP contribution in [0.2, 0.25) is 0 Å². The lowest BCUT2D eigenvalue weighted by Crippen LogP contribution is -2.47. The van der Waals surface area contributed by atoms with Gasteiger partial charge in [-0.25, -0.2) is 0 Å². The summed E-state index contributed by atoms with van der Waals surface area (Å²) in [6.45, 7) is 5.80. The summed E-state index contributed by atoms with van der Waals surface area (Å²) < 4.78 is 5.04. The fourth-order valence-corrected chi connectivity index (χ4v) is 1.73. The summed E-state index contributed by atoms with van der Waals surface area (Å²) in [6.07, 6.45) is 2.03. The van der Waals surface area contributed by atoms with Crippen molar-refractivity contribution < 1.29 is 9.53 Å². The molecule has 2 atom stereocenters. The molecule has 0 aromatic carbocycles. The van der Waals surface area contributed by atoms with Crippen LogP contribution in [-0.4, -0.2) is 37.7 Å². The second kappa shape index (κ2) is 7.91. The molecule has 4 nitrogen and oxygen atoms in total. The van der Waals surface area contributed by atoms with Crippen molar-refractivity contribution in [3.8, 4) is 0 Å². The van der Waals surface area contributed by atoms with Gasteiger partial charge in [0.1, 0.15) is 6.61 Å². The number of ether oxygens (including phenoxy) is 1. The molecule has 1 fully saturated rings. The topological polar surface area (TPSA) is 50.4 Å². The van der Waals surface area contributed by atoms with Crippen molar-refractivity contribution >= 4 is 18.3 Å². The molecule has 1 rings (SSSR count). The monoisotopic (exact) mass is 236 g/mol. The number of hydrogen-bond acceptors (Lipinski definition) is 3. The van der Waals surface area contributed by atoms with Crippen molar-refractivity contribution in [3.63, 3.8) is 0 Å². The molecule has 0 saturated carbocycles. The van der Waals surface area contributed by atoms with Crippen LogP contribution in [-0.2, 0) is 9.53 Å². The Bertz CT molecular complexity index is 190. The summed E-state index contributed by atoms with van der Waals surface area (Å²) in [5.41, 5.74) is 0. The van der Waals surface area contributed by atoms with Gasteiger partial charge in [-0.15, -0.1) is 12.4 Å². The summed E-state index contributed by atoms with van der Waals surface area (Å²) in [7, 11) is 0. The quantitative estimate of drug-likeness (QED) is 0.756. The SMILES string of the molecule is CCOCC(=O)NC1CCNC(C)C1.Cl. The van der Waals surface area contributed by atoms with E-state index in [1.165, 1.54) is 0 Å². The minimum absolute atomic E-state index is 0. The van der Waals surface area contributed by atoms with Crippen molar-refractivity contribution in [2.45, 2.75) is 38.8 Å². The van der Waals surface area contributed by atoms with Crippen LogP contribution in [0.5, 0.6) is 0 Å². The fraction of sp³-hybridized carbons (Fsp3) is 0.900. The number of halogens is 1. The zero-order chi connectivity index (χ0) is 10.4. The lowest BCUT2D eigenvalue weighted by molar-refractivity contribution is -0.126. The molecule has 90 valence electrons. The average molecular weight is 237 g/mol. The van der Waals surface area contributed by atoms with Crippen molar-refractivity contribution in [3.05, 3.63) is 0 Å². The zero-order valence-electron chi connectivity index (χ0n) is 9.41. The van der Waals surface area contributed by atoms with E-state index in [2.05, 4.69) is 17.6 Å². The van der Waals surface area contributed by atoms with Gasteiger partial charge in [0, 0.05) is 18.7 Å². The Hall–Kier alpha value is -0.320. The van der Waals surface area contributed by atoms with Crippen LogP contribution in [0.4, 0.5) is 0 Å². The molecule has 0 aliphatic carbocycles. The van der Waals surface area contributed by atoms with Gasteiger partial charge in [-0.05, 0) is 33.2 Å². The van der Waals surface area contributed by atoms with Crippen LogP contribution in [0.15, 0.2) is 0 Å². The molecule has 1 amide bonds. The largest absolute Gasteiger partial charge is 0.372 e. The molecule has 1 aliphatic rings. The van der Waals surface area contributed by atoms with Crippen LogP contribution in [0, 0.1) is 0 Å². The Morgan fingerprint density at radius 2 is 2.33 bits per heavy atom. The third-order valence-electron chi connectivity index (χ3n) is 2.43. The molecule has 15 heavy (non-hydrogen) atoms. The Balaban J connectivity index is 0.00000196. The van der Waals surface area contributed by atoms with E-state index in [9.17, 15) is 4.79 Å². The first kappa shape index (κ1) is 14.7. The second-order valence-corrected chi connectivity index (χ2v) is 3.78. The van der Waals surface area contributed by atoms with E-state index in [1.54, 1.807) is 0 Å². The van der Waals surface area contributed by atoms with Crippen molar-refractivity contribution in [1.82, 2.24) is 10.6 Å². The van der Waals surface area contributed by atoms with E-state index in [0.29, 0.717) is 18.7 Å². The molecule has 0 aromatic heterocycles. The Morgan fingerprint density at radius 3 is 2.93 bits per heavy atom. The summed E-state index contributed by atoms with van der Waals surface area (Å²) in [5.74, 6) is 0.00551. The summed E-state index contributed by atoms with van der Waals surface area (Å²) in [5, 5.41) is 6.33. The van der Waals surface area contributed by atoms with Gasteiger partial charge in [0.05, 0.1) is 0 Å². The first-order valence-corrected chi connectivity index (χ1v) is 5.33. The fourth-order valence-electron chi connectivity index (χ4n) is 1.73. The van der Waals surface area contributed by atoms with Crippen molar-refractivity contribution in [1.29, 1.82) is 0 Å². The normalized spacial score (nSPS) is 25.5. The zero-order valence-corrected chi connectivity index (χ0v) is 10.2. The second-order valence-electron chi connectivity index (χ2n) is 3.78. The minimum Gasteiger partial charge on any atom is -0.372 e. The van der Waals surface area contributed by atoms with Crippen LogP contribution >= 0.6 is 12.4 Å². The lowest BCUT2D eigenvalue weighted by atomic mass is 10.0. The highest BCUT2D eigenvalue weighted by Crippen LogP contribution is 2.07. The summed E-state index contributed by atoms with van der Waals surface area (Å²) in [6, 6.07) is 0.820. The van der Waals surface area contributed by atoms with Gasteiger partial charge in [-0.1, -0.05) is 0 Å². The molecule has 1 heterocycles. The highest BCUT2D eigenvalue weighted by atomic mass is 35.5. The van der Waals surface area contributed by atoms with Crippen LogP contribution in [0.3, 0.4) is 0 Å². The Kier molecular flexibility index (Phi) is 7.74. The maximum absolute atomic E-state index is 11.3. The van der Waals surface area contributed by atoms with E-state index in [1.807, 2.05) is 6.92 Å².